The predicted molar refractivity (Wildman–Crippen MR) is 119 cm³/mol. The number of Topliss-reactive ketones (excluding diaryl/α,β-unsaturated/α-hetero) is 1. The number of ketones is 1. The van der Waals surface area contributed by atoms with Gasteiger partial charge in [-0.2, -0.15) is 0 Å². The van der Waals surface area contributed by atoms with Crippen LogP contribution in [0.25, 0.3) is 0 Å². The van der Waals surface area contributed by atoms with Crippen LogP contribution in [0.3, 0.4) is 0 Å². The molecule has 1 amide bonds. The molecule has 2 heterocycles. The van der Waals surface area contributed by atoms with Gasteiger partial charge in [-0.1, -0.05) is 5.92 Å². The number of rotatable bonds is 2. The van der Waals surface area contributed by atoms with Crippen molar-refractivity contribution in [3.8, 4) is 11.8 Å². The van der Waals surface area contributed by atoms with Crippen molar-refractivity contribution >= 4 is 11.7 Å². The number of carbonyl (C=O) groups excluding carboxylic acids is 2. The molecule has 2 aromatic rings. The number of aryl methyl sites for hydroxylation is 2. The lowest BCUT2D eigenvalue weighted by molar-refractivity contribution is -0.123. The molecule has 1 N–H and O–H groups in total. The van der Waals surface area contributed by atoms with E-state index in [1.807, 2.05) is 26.0 Å². The summed E-state index contributed by atoms with van der Waals surface area (Å²) in [5, 5.41) is 11.0. The maximum atomic E-state index is 13.2. The molecule has 0 aliphatic carbocycles. The van der Waals surface area contributed by atoms with Gasteiger partial charge in [0.15, 0.2) is 0 Å². The van der Waals surface area contributed by atoms with Crippen LogP contribution in [0.15, 0.2) is 30.7 Å². The van der Waals surface area contributed by atoms with E-state index in [0.717, 1.165) is 22.3 Å². The highest BCUT2D eigenvalue weighted by Crippen LogP contribution is 2.32. The highest BCUT2D eigenvalue weighted by Gasteiger charge is 2.32. The van der Waals surface area contributed by atoms with E-state index in [2.05, 4.69) is 21.8 Å². The summed E-state index contributed by atoms with van der Waals surface area (Å²) >= 11 is 0. The Morgan fingerprint density at radius 2 is 1.90 bits per heavy atom. The number of aliphatic hydroxyl groups is 1. The number of carbonyl (C=O) groups is 2. The highest BCUT2D eigenvalue weighted by molar-refractivity contribution is 5.92. The minimum absolute atomic E-state index is 0.0179. The van der Waals surface area contributed by atoms with E-state index in [4.69, 9.17) is 0 Å². The summed E-state index contributed by atoms with van der Waals surface area (Å²) in [6.07, 6.45) is 4.03. The van der Waals surface area contributed by atoms with Crippen molar-refractivity contribution in [1.82, 2.24) is 14.9 Å². The van der Waals surface area contributed by atoms with Gasteiger partial charge >= 0.3 is 0 Å². The normalized spacial score (nSPS) is 20.0. The summed E-state index contributed by atoms with van der Waals surface area (Å²) in [6.45, 7) is 6.75. The molecule has 1 aliphatic heterocycles. The zero-order chi connectivity index (χ0) is 22.4. The number of aliphatic hydroxyl groups excluding tert-OH is 1. The molecular weight excluding hydrogens is 390 g/mol. The van der Waals surface area contributed by atoms with Crippen LogP contribution in [0.5, 0.6) is 0 Å². The first-order valence-corrected chi connectivity index (χ1v) is 10.7. The summed E-state index contributed by atoms with van der Waals surface area (Å²) in [6, 6.07) is 5.56. The maximum absolute atomic E-state index is 13.2. The van der Waals surface area contributed by atoms with E-state index in [0.29, 0.717) is 44.5 Å². The van der Waals surface area contributed by atoms with Gasteiger partial charge in [-0.3, -0.25) is 9.59 Å². The maximum Gasteiger partial charge on any atom is 0.272 e. The fourth-order valence-corrected chi connectivity index (χ4v) is 4.40. The van der Waals surface area contributed by atoms with Crippen LogP contribution in [-0.2, 0) is 4.79 Å². The Morgan fingerprint density at radius 1 is 1.19 bits per heavy atom. The fourth-order valence-electron chi connectivity index (χ4n) is 4.40. The van der Waals surface area contributed by atoms with Gasteiger partial charge in [0, 0.05) is 31.3 Å². The van der Waals surface area contributed by atoms with Crippen molar-refractivity contribution in [1.29, 1.82) is 0 Å². The van der Waals surface area contributed by atoms with E-state index in [9.17, 15) is 14.7 Å². The summed E-state index contributed by atoms with van der Waals surface area (Å²) in [7, 11) is 0. The molecule has 2 atom stereocenters. The third kappa shape index (κ3) is 5.36. The predicted octanol–water partition coefficient (Wildman–Crippen LogP) is 3.19. The number of hydrogen-bond acceptors (Lipinski definition) is 5. The highest BCUT2D eigenvalue weighted by atomic mass is 16.3. The van der Waals surface area contributed by atoms with Crippen LogP contribution in [0, 0.1) is 25.7 Å². The zero-order valence-corrected chi connectivity index (χ0v) is 18.4. The molecule has 162 valence electrons. The SMILES string of the molecule is CC#Cc1cc(C)c(C2C(=O)CCCN(C(=O)c3ccncn3)CCCC2O)c(C)c1. The monoisotopic (exact) mass is 419 g/mol. The van der Waals surface area contributed by atoms with Gasteiger partial charge in [0.2, 0.25) is 0 Å². The lowest BCUT2D eigenvalue weighted by atomic mass is 9.80. The summed E-state index contributed by atoms with van der Waals surface area (Å²) in [5.41, 5.74) is 4.13. The van der Waals surface area contributed by atoms with E-state index >= 15 is 0 Å². The lowest BCUT2D eigenvalue weighted by Crippen LogP contribution is -2.36. The van der Waals surface area contributed by atoms with Gasteiger partial charge in [-0.15, -0.1) is 5.92 Å². The van der Waals surface area contributed by atoms with E-state index < -0.39 is 12.0 Å². The molecule has 0 spiro atoms. The Labute approximate surface area is 183 Å². The molecule has 31 heavy (non-hydrogen) atoms. The largest absolute Gasteiger partial charge is 0.392 e. The molecule has 0 saturated carbocycles. The Kier molecular flexibility index (Phi) is 7.54. The fraction of sp³-hybridized carbons (Fsp3) is 0.440. The molecule has 6 nitrogen and oxygen atoms in total. The average molecular weight is 420 g/mol. The molecule has 1 aromatic heterocycles. The summed E-state index contributed by atoms with van der Waals surface area (Å²) in [4.78, 5) is 35.6. The molecule has 0 bridgehead atoms. The number of aromatic nitrogens is 2. The Morgan fingerprint density at radius 3 is 2.55 bits per heavy atom. The van der Waals surface area contributed by atoms with Gasteiger partial charge in [0.1, 0.15) is 17.8 Å². The van der Waals surface area contributed by atoms with Gasteiger partial charge in [0.25, 0.3) is 5.91 Å². The number of amides is 1. The minimum atomic E-state index is -0.790. The quantitative estimate of drug-likeness (QED) is 0.756. The molecular formula is C25H29N3O3. The third-order valence-corrected chi connectivity index (χ3v) is 5.77. The van der Waals surface area contributed by atoms with Crippen molar-refractivity contribution in [3.05, 3.63) is 58.7 Å². The van der Waals surface area contributed by atoms with Gasteiger partial charge in [-0.05, 0) is 74.9 Å². The van der Waals surface area contributed by atoms with Gasteiger partial charge < -0.3 is 10.0 Å². The van der Waals surface area contributed by atoms with Crippen LogP contribution in [0.1, 0.15) is 71.3 Å². The molecule has 6 heteroatoms. The Hall–Kier alpha value is -3.04. The van der Waals surface area contributed by atoms with Crippen LogP contribution < -0.4 is 0 Å². The average Bonchev–Trinajstić information content (AvgIpc) is 2.75. The van der Waals surface area contributed by atoms with Crippen molar-refractivity contribution < 1.29 is 14.7 Å². The molecule has 3 rings (SSSR count). The first kappa shape index (κ1) is 22.6. The molecule has 2 unspecified atom stereocenters. The molecule has 1 aromatic carbocycles. The zero-order valence-electron chi connectivity index (χ0n) is 18.4. The molecule has 1 aliphatic rings. The van der Waals surface area contributed by atoms with Gasteiger partial charge in [0.05, 0.1) is 12.0 Å². The van der Waals surface area contributed by atoms with Crippen molar-refractivity contribution in [2.24, 2.45) is 0 Å². The van der Waals surface area contributed by atoms with E-state index in [-0.39, 0.29) is 11.7 Å². The second kappa shape index (κ2) is 10.3. The Balaban J connectivity index is 1.80. The van der Waals surface area contributed by atoms with Crippen molar-refractivity contribution in [2.45, 2.75) is 58.5 Å². The van der Waals surface area contributed by atoms with Gasteiger partial charge in [-0.25, -0.2) is 9.97 Å². The van der Waals surface area contributed by atoms with E-state index in [1.54, 1.807) is 24.1 Å². The Bertz CT molecular complexity index is 985. The van der Waals surface area contributed by atoms with E-state index in [1.165, 1.54) is 6.33 Å². The summed E-state index contributed by atoms with van der Waals surface area (Å²) in [5.74, 6) is 5.28. The van der Waals surface area contributed by atoms with Crippen molar-refractivity contribution in [3.63, 3.8) is 0 Å². The number of benzene rings is 1. The van der Waals surface area contributed by atoms with Crippen LogP contribution >= 0.6 is 0 Å². The topological polar surface area (TPSA) is 83.4 Å². The standard InChI is InChI=1S/C25H29N3O3/c1-4-7-19-14-17(2)23(18(3)15-19)24-21(29)8-5-12-28(13-6-9-22(24)30)25(31)20-10-11-26-16-27-20/h10-11,14-16,21,24,29H,5-6,8-9,12-13H2,1-3H3. The van der Waals surface area contributed by atoms with Crippen molar-refractivity contribution in [2.75, 3.05) is 13.1 Å². The lowest BCUT2D eigenvalue weighted by Gasteiger charge is -2.29. The molecule has 0 radical (unpaired) electrons. The minimum Gasteiger partial charge on any atom is -0.392 e. The van der Waals surface area contributed by atoms with Crippen LogP contribution in [-0.4, -0.2) is 50.9 Å². The smallest absolute Gasteiger partial charge is 0.272 e. The molecule has 1 fully saturated rings. The van der Waals surface area contributed by atoms with Crippen LogP contribution in [0.4, 0.5) is 0 Å². The first-order valence-electron chi connectivity index (χ1n) is 10.7. The molecule has 1 saturated heterocycles. The second-order valence-corrected chi connectivity index (χ2v) is 8.04. The first-order chi connectivity index (χ1) is 14.9. The number of nitrogens with zero attached hydrogens (tertiary/aromatic N) is 3. The third-order valence-electron chi connectivity index (χ3n) is 5.77. The number of hydrogen-bond donors (Lipinski definition) is 1. The van der Waals surface area contributed by atoms with Crippen LogP contribution in [0.2, 0.25) is 0 Å². The summed E-state index contributed by atoms with van der Waals surface area (Å²) < 4.78 is 0. The second-order valence-electron chi connectivity index (χ2n) is 8.04.